The zero-order chi connectivity index (χ0) is 15.0. The van der Waals surface area contributed by atoms with Crippen LogP contribution >= 0.6 is 0 Å². The molecule has 21 heavy (non-hydrogen) atoms. The molecule has 2 N–H and O–H groups in total. The molecule has 1 heterocycles. The first-order chi connectivity index (χ1) is 10.3. The van der Waals surface area contributed by atoms with E-state index >= 15 is 0 Å². The van der Waals surface area contributed by atoms with E-state index in [0.717, 1.165) is 45.4 Å². The first-order valence-electron chi connectivity index (χ1n) is 7.89. The SMILES string of the molecule is COCCNC1(CO)CCN(CCc2ccccc2)CC1. The summed E-state index contributed by atoms with van der Waals surface area (Å²) >= 11 is 0. The molecular weight excluding hydrogens is 264 g/mol. The number of aliphatic hydroxyl groups excluding tert-OH is 1. The van der Waals surface area contributed by atoms with Crippen molar-refractivity contribution in [3.8, 4) is 0 Å². The normalized spacial score (nSPS) is 18.8. The van der Waals surface area contributed by atoms with Crippen LogP contribution in [0.3, 0.4) is 0 Å². The van der Waals surface area contributed by atoms with Gasteiger partial charge < -0.3 is 20.1 Å². The molecule has 0 amide bonds. The number of hydrogen-bond acceptors (Lipinski definition) is 4. The van der Waals surface area contributed by atoms with Crippen LogP contribution in [0.5, 0.6) is 0 Å². The van der Waals surface area contributed by atoms with E-state index in [9.17, 15) is 5.11 Å². The number of ether oxygens (including phenoxy) is 1. The molecule has 0 saturated carbocycles. The van der Waals surface area contributed by atoms with E-state index in [1.54, 1.807) is 7.11 Å². The van der Waals surface area contributed by atoms with Crippen LogP contribution in [0.25, 0.3) is 0 Å². The number of benzene rings is 1. The van der Waals surface area contributed by atoms with Crippen molar-refractivity contribution in [2.45, 2.75) is 24.8 Å². The van der Waals surface area contributed by atoms with Gasteiger partial charge in [0.05, 0.1) is 13.2 Å². The average molecular weight is 292 g/mol. The van der Waals surface area contributed by atoms with Crippen molar-refractivity contribution in [3.05, 3.63) is 35.9 Å². The number of likely N-dealkylation sites (tertiary alicyclic amines) is 1. The van der Waals surface area contributed by atoms with Gasteiger partial charge in [0.15, 0.2) is 0 Å². The summed E-state index contributed by atoms with van der Waals surface area (Å²) < 4.78 is 5.08. The fourth-order valence-corrected chi connectivity index (χ4v) is 2.95. The third-order valence-electron chi connectivity index (χ3n) is 4.48. The molecule has 1 aliphatic heterocycles. The highest BCUT2D eigenvalue weighted by Gasteiger charge is 2.33. The van der Waals surface area contributed by atoms with Gasteiger partial charge in [-0.1, -0.05) is 30.3 Å². The summed E-state index contributed by atoms with van der Waals surface area (Å²) in [5.74, 6) is 0. The lowest BCUT2D eigenvalue weighted by Crippen LogP contribution is -2.56. The van der Waals surface area contributed by atoms with Crippen LogP contribution in [-0.2, 0) is 11.2 Å². The molecular formula is C17H28N2O2. The quantitative estimate of drug-likeness (QED) is 0.709. The number of hydrogen-bond donors (Lipinski definition) is 2. The minimum absolute atomic E-state index is 0.109. The molecule has 1 aromatic rings. The van der Waals surface area contributed by atoms with Crippen molar-refractivity contribution in [2.24, 2.45) is 0 Å². The van der Waals surface area contributed by atoms with E-state index in [-0.39, 0.29) is 12.1 Å². The molecule has 0 bridgehead atoms. The molecule has 4 nitrogen and oxygen atoms in total. The molecule has 0 unspecified atom stereocenters. The van der Waals surface area contributed by atoms with Gasteiger partial charge in [0.25, 0.3) is 0 Å². The van der Waals surface area contributed by atoms with Crippen LogP contribution < -0.4 is 5.32 Å². The van der Waals surface area contributed by atoms with Gasteiger partial charge in [-0.15, -0.1) is 0 Å². The topological polar surface area (TPSA) is 44.7 Å². The van der Waals surface area contributed by atoms with Crippen LogP contribution in [0.2, 0.25) is 0 Å². The Kier molecular flexibility index (Phi) is 6.64. The highest BCUT2D eigenvalue weighted by Crippen LogP contribution is 2.22. The fourth-order valence-electron chi connectivity index (χ4n) is 2.95. The standard InChI is InChI=1S/C17H28N2O2/c1-21-14-10-18-17(15-20)8-12-19(13-9-17)11-7-16-5-3-2-4-6-16/h2-6,18,20H,7-15H2,1H3. The van der Waals surface area contributed by atoms with E-state index in [1.807, 2.05) is 0 Å². The lowest BCUT2D eigenvalue weighted by Gasteiger charge is -2.41. The molecule has 1 aromatic carbocycles. The summed E-state index contributed by atoms with van der Waals surface area (Å²) in [6.45, 7) is 4.91. The second kappa shape index (κ2) is 8.49. The fraction of sp³-hybridized carbons (Fsp3) is 0.647. The van der Waals surface area contributed by atoms with Crippen molar-refractivity contribution >= 4 is 0 Å². The summed E-state index contributed by atoms with van der Waals surface area (Å²) in [6.07, 6.45) is 3.11. The van der Waals surface area contributed by atoms with Crippen LogP contribution in [0.15, 0.2) is 30.3 Å². The van der Waals surface area contributed by atoms with Crippen LogP contribution in [0.1, 0.15) is 18.4 Å². The van der Waals surface area contributed by atoms with Crippen LogP contribution in [0.4, 0.5) is 0 Å². The zero-order valence-corrected chi connectivity index (χ0v) is 13.1. The van der Waals surface area contributed by atoms with E-state index < -0.39 is 0 Å². The van der Waals surface area contributed by atoms with Gasteiger partial charge in [-0.25, -0.2) is 0 Å². The third-order valence-corrected chi connectivity index (χ3v) is 4.48. The third kappa shape index (κ3) is 5.08. The van der Waals surface area contributed by atoms with Crippen molar-refractivity contribution in [2.75, 3.05) is 46.5 Å². The Labute approximate surface area is 128 Å². The highest BCUT2D eigenvalue weighted by molar-refractivity contribution is 5.14. The number of methoxy groups -OCH3 is 1. The maximum absolute atomic E-state index is 9.71. The lowest BCUT2D eigenvalue weighted by atomic mass is 9.88. The molecule has 0 aromatic heterocycles. The Hall–Kier alpha value is -0.940. The molecule has 1 saturated heterocycles. The van der Waals surface area contributed by atoms with Gasteiger partial charge >= 0.3 is 0 Å². The first kappa shape index (κ1) is 16.4. The predicted octanol–water partition coefficient (Wildman–Crippen LogP) is 1.29. The van der Waals surface area contributed by atoms with Gasteiger partial charge in [-0.05, 0) is 37.9 Å². The maximum atomic E-state index is 9.71. The zero-order valence-electron chi connectivity index (χ0n) is 13.1. The molecule has 4 heteroatoms. The first-order valence-corrected chi connectivity index (χ1v) is 7.89. The maximum Gasteiger partial charge on any atom is 0.0614 e. The number of nitrogens with one attached hydrogen (secondary N) is 1. The average Bonchev–Trinajstić information content (AvgIpc) is 2.55. The van der Waals surface area contributed by atoms with Crippen LogP contribution in [0, 0.1) is 0 Å². The number of nitrogens with zero attached hydrogens (tertiary/aromatic N) is 1. The minimum Gasteiger partial charge on any atom is -0.394 e. The molecule has 2 rings (SSSR count). The van der Waals surface area contributed by atoms with Gasteiger partial charge in [-0.3, -0.25) is 0 Å². The summed E-state index contributed by atoms with van der Waals surface area (Å²) in [5, 5.41) is 13.2. The minimum atomic E-state index is -0.109. The summed E-state index contributed by atoms with van der Waals surface area (Å²) in [4.78, 5) is 2.50. The number of piperidine rings is 1. The molecule has 0 atom stereocenters. The monoisotopic (exact) mass is 292 g/mol. The molecule has 0 aliphatic carbocycles. The smallest absolute Gasteiger partial charge is 0.0614 e. The molecule has 0 radical (unpaired) electrons. The molecule has 0 spiro atoms. The summed E-state index contributed by atoms with van der Waals surface area (Å²) in [5.41, 5.74) is 1.29. The Morgan fingerprint density at radius 2 is 1.95 bits per heavy atom. The van der Waals surface area contributed by atoms with Crippen molar-refractivity contribution in [1.29, 1.82) is 0 Å². The highest BCUT2D eigenvalue weighted by atomic mass is 16.5. The van der Waals surface area contributed by atoms with Gasteiger partial charge in [0.2, 0.25) is 0 Å². The Morgan fingerprint density at radius 3 is 2.57 bits per heavy atom. The number of rotatable bonds is 8. The molecule has 1 aliphatic rings. The van der Waals surface area contributed by atoms with Gasteiger partial charge in [-0.2, -0.15) is 0 Å². The Bertz CT molecular complexity index is 389. The van der Waals surface area contributed by atoms with Crippen molar-refractivity contribution in [1.82, 2.24) is 10.2 Å². The number of aliphatic hydroxyl groups is 1. The van der Waals surface area contributed by atoms with Crippen LogP contribution in [-0.4, -0.2) is 62.0 Å². The molecule has 1 fully saturated rings. The molecule has 118 valence electrons. The van der Waals surface area contributed by atoms with E-state index in [4.69, 9.17) is 4.74 Å². The summed E-state index contributed by atoms with van der Waals surface area (Å²) in [6, 6.07) is 10.6. The van der Waals surface area contributed by atoms with Gasteiger partial charge in [0.1, 0.15) is 0 Å². The van der Waals surface area contributed by atoms with E-state index in [1.165, 1.54) is 5.56 Å². The van der Waals surface area contributed by atoms with Gasteiger partial charge in [0, 0.05) is 25.7 Å². The second-order valence-electron chi connectivity index (χ2n) is 5.94. The predicted molar refractivity (Wildman–Crippen MR) is 85.5 cm³/mol. The van der Waals surface area contributed by atoms with E-state index in [2.05, 4.69) is 40.5 Å². The summed E-state index contributed by atoms with van der Waals surface area (Å²) in [7, 11) is 1.71. The van der Waals surface area contributed by atoms with Crippen molar-refractivity contribution in [3.63, 3.8) is 0 Å². The largest absolute Gasteiger partial charge is 0.394 e. The Balaban J connectivity index is 1.73. The van der Waals surface area contributed by atoms with Crippen molar-refractivity contribution < 1.29 is 9.84 Å². The lowest BCUT2D eigenvalue weighted by molar-refractivity contribution is 0.0720. The Morgan fingerprint density at radius 1 is 1.24 bits per heavy atom. The second-order valence-corrected chi connectivity index (χ2v) is 5.94. The van der Waals surface area contributed by atoms with E-state index in [0.29, 0.717) is 6.61 Å².